The average molecular weight is 383 g/mol. The Morgan fingerprint density at radius 1 is 1.11 bits per heavy atom. The number of nitrogens with one attached hydrogen (secondary N) is 1. The van der Waals surface area contributed by atoms with Crippen LogP contribution in [0, 0.1) is 5.82 Å². The molecule has 0 aliphatic carbocycles. The third kappa shape index (κ3) is 3.73. The van der Waals surface area contributed by atoms with Crippen LogP contribution in [0.15, 0.2) is 36.8 Å². The van der Waals surface area contributed by atoms with Gasteiger partial charge in [-0.05, 0) is 24.3 Å². The van der Waals surface area contributed by atoms with Gasteiger partial charge in [0, 0.05) is 45.3 Å². The summed E-state index contributed by atoms with van der Waals surface area (Å²) in [5.74, 6) is 0.585. The Hall–Kier alpha value is -3.23. The molecule has 1 aliphatic rings. The molecule has 146 valence electrons. The second-order valence-corrected chi connectivity index (χ2v) is 6.74. The molecule has 0 unspecified atom stereocenters. The van der Waals surface area contributed by atoms with Crippen molar-refractivity contribution in [2.24, 2.45) is 0 Å². The fraction of sp³-hybridized carbons (Fsp3) is 0.368. The van der Waals surface area contributed by atoms with Crippen molar-refractivity contribution < 1.29 is 9.18 Å². The van der Waals surface area contributed by atoms with Crippen LogP contribution < -0.4 is 15.1 Å². The number of amides is 1. The molecule has 1 amide bonds. The van der Waals surface area contributed by atoms with Crippen molar-refractivity contribution in [3.05, 3.63) is 42.6 Å². The molecule has 28 heavy (non-hydrogen) atoms. The van der Waals surface area contributed by atoms with E-state index in [0.717, 1.165) is 48.7 Å². The summed E-state index contributed by atoms with van der Waals surface area (Å²) in [7, 11) is 0. The Morgan fingerprint density at radius 3 is 2.54 bits per heavy atom. The highest BCUT2D eigenvalue weighted by Gasteiger charge is 2.21. The van der Waals surface area contributed by atoms with E-state index in [0.29, 0.717) is 13.1 Å². The molecule has 1 N–H and O–H groups in total. The number of halogens is 1. The van der Waals surface area contributed by atoms with E-state index in [1.165, 1.54) is 19.1 Å². The maximum atomic E-state index is 13.1. The Bertz CT molecular complexity index is 964. The lowest BCUT2D eigenvalue weighted by atomic mass is 10.2. The SMILES string of the molecule is CC(=O)NCCn1ncc2c(N3CCN(c4ccc(F)cc4)CC3)ncnc21. The van der Waals surface area contributed by atoms with Gasteiger partial charge >= 0.3 is 0 Å². The number of nitrogens with zero attached hydrogens (tertiary/aromatic N) is 6. The molecule has 0 radical (unpaired) electrons. The van der Waals surface area contributed by atoms with Crippen molar-refractivity contribution in [2.75, 3.05) is 42.5 Å². The monoisotopic (exact) mass is 383 g/mol. The van der Waals surface area contributed by atoms with E-state index in [-0.39, 0.29) is 11.7 Å². The summed E-state index contributed by atoms with van der Waals surface area (Å²) < 4.78 is 14.9. The van der Waals surface area contributed by atoms with Crippen LogP contribution in [0.1, 0.15) is 6.92 Å². The number of piperazine rings is 1. The first-order valence-corrected chi connectivity index (χ1v) is 9.28. The number of benzene rings is 1. The molecule has 0 spiro atoms. The third-order valence-corrected chi connectivity index (χ3v) is 4.88. The molecule has 0 bridgehead atoms. The van der Waals surface area contributed by atoms with E-state index in [2.05, 4.69) is 30.2 Å². The van der Waals surface area contributed by atoms with Crippen LogP contribution in [0.4, 0.5) is 15.9 Å². The molecule has 4 rings (SSSR count). The van der Waals surface area contributed by atoms with Gasteiger partial charge in [0.05, 0.1) is 18.1 Å². The lowest BCUT2D eigenvalue weighted by Gasteiger charge is -2.36. The summed E-state index contributed by atoms with van der Waals surface area (Å²) in [5.41, 5.74) is 1.79. The van der Waals surface area contributed by atoms with Gasteiger partial charge in [0.15, 0.2) is 5.65 Å². The summed E-state index contributed by atoms with van der Waals surface area (Å²) >= 11 is 0. The topological polar surface area (TPSA) is 79.2 Å². The van der Waals surface area contributed by atoms with Gasteiger partial charge in [-0.25, -0.2) is 19.0 Å². The smallest absolute Gasteiger partial charge is 0.216 e. The normalized spacial score (nSPS) is 14.5. The van der Waals surface area contributed by atoms with E-state index in [4.69, 9.17) is 0 Å². The van der Waals surface area contributed by atoms with Gasteiger partial charge in [0.25, 0.3) is 0 Å². The molecular weight excluding hydrogens is 361 g/mol. The van der Waals surface area contributed by atoms with Gasteiger partial charge in [0.1, 0.15) is 18.0 Å². The zero-order chi connectivity index (χ0) is 19.5. The highest BCUT2D eigenvalue weighted by molar-refractivity contribution is 5.86. The van der Waals surface area contributed by atoms with E-state index in [9.17, 15) is 9.18 Å². The van der Waals surface area contributed by atoms with Gasteiger partial charge in [-0.3, -0.25) is 4.79 Å². The molecule has 1 fully saturated rings. The fourth-order valence-corrected chi connectivity index (χ4v) is 3.46. The van der Waals surface area contributed by atoms with E-state index in [1.807, 2.05) is 12.1 Å². The molecular formula is C19H22FN7O. The predicted octanol–water partition coefficient (Wildman–Crippen LogP) is 1.43. The van der Waals surface area contributed by atoms with Crippen LogP contribution >= 0.6 is 0 Å². The summed E-state index contributed by atoms with van der Waals surface area (Å²) in [6, 6.07) is 6.61. The number of hydrogen-bond donors (Lipinski definition) is 1. The molecule has 1 saturated heterocycles. The molecule has 0 atom stereocenters. The minimum atomic E-state index is -0.221. The lowest BCUT2D eigenvalue weighted by Crippen LogP contribution is -2.46. The molecule has 2 aromatic heterocycles. The van der Waals surface area contributed by atoms with Crippen LogP contribution in [0.2, 0.25) is 0 Å². The molecule has 1 aromatic carbocycles. The Labute approximate surface area is 162 Å². The van der Waals surface area contributed by atoms with Crippen molar-refractivity contribution in [3.8, 4) is 0 Å². The maximum absolute atomic E-state index is 13.1. The highest BCUT2D eigenvalue weighted by atomic mass is 19.1. The Kier molecular flexibility index (Phi) is 5.05. The van der Waals surface area contributed by atoms with Crippen molar-refractivity contribution in [2.45, 2.75) is 13.5 Å². The van der Waals surface area contributed by atoms with Gasteiger partial charge in [0.2, 0.25) is 5.91 Å². The number of aromatic nitrogens is 4. The minimum absolute atomic E-state index is 0.0641. The Morgan fingerprint density at radius 2 is 1.82 bits per heavy atom. The summed E-state index contributed by atoms with van der Waals surface area (Å²) in [6.07, 6.45) is 3.34. The number of carbonyl (C=O) groups excluding carboxylic acids is 1. The molecule has 1 aliphatic heterocycles. The zero-order valence-electron chi connectivity index (χ0n) is 15.7. The second kappa shape index (κ2) is 7.79. The van der Waals surface area contributed by atoms with Gasteiger partial charge in [-0.15, -0.1) is 0 Å². The summed E-state index contributed by atoms with van der Waals surface area (Å²) in [5, 5.41) is 8.08. The number of hydrogen-bond acceptors (Lipinski definition) is 6. The standard InChI is InChI=1S/C19H22FN7O/c1-14(28)21-6-7-27-19-17(12-24-27)18(22-13-23-19)26-10-8-25(9-11-26)16-4-2-15(20)3-5-16/h2-5,12-13H,6-11H2,1H3,(H,21,28). The van der Waals surface area contributed by atoms with Gasteiger partial charge < -0.3 is 15.1 Å². The van der Waals surface area contributed by atoms with Crippen LogP contribution in [-0.2, 0) is 11.3 Å². The van der Waals surface area contributed by atoms with Crippen molar-refractivity contribution in [3.63, 3.8) is 0 Å². The summed E-state index contributed by atoms with van der Waals surface area (Å²) in [4.78, 5) is 24.4. The molecule has 8 nitrogen and oxygen atoms in total. The van der Waals surface area contributed by atoms with Crippen LogP contribution in [0.3, 0.4) is 0 Å². The first-order valence-electron chi connectivity index (χ1n) is 9.28. The van der Waals surface area contributed by atoms with Crippen LogP contribution in [0.5, 0.6) is 0 Å². The molecule has 3 aromatic rings. The lowest BCUT2D eigenvalue weighted by molar-refractivity contribution is -0.118. The predicted molar refractivity (Wildman–Crippen MR) is 105 cm³/mol. The van der Waals surface area contributed by atoms with Crippen molar-refractivity contribution in [1.29, 1.82) is 0 Å². The number of fused-ring (bicyclic) bond motifs is 1. The van der Waals surface area contributed by atoms with Crippen molar-refractivity contribution in [1.82, 2.24) is 25.1 Å². The van der Waals surface area contributed by atoms with Crippen LogP contribution in [-0.4, -0.2) is 58.4 Å². The minimum Gasteiger partial charge on any atom is -0.368 e. The first kappa shape index (κ1) is 18.1. The van der Waals surface area contributed by atoms with Crippen LogP contribution in [0.25, 0.3) is 11.0 Å². The molecule has 9 heteroatoms. The average Bonchev–Trinajstić information content (AvgIpc) is 3.12. The first-order chi connectivity index (χ1) is 13.6. The molecule has 0 saturated carbocycles. The quantitative estimate of drug-likeness (QED) is 0.718. The number of rotatable bonds is 5. The number of carbonyl (C=O) groups is 1. The fourth-order valence-electron chi connectivity index (χ4n) is 3.46. The molecule has 3 heterocycles. The third-order valence-electron chi connectivity index (χ3n) is 4.88. The second-order valence-electron chi connectivity index (χ2n) is 6.74. The van der Waals surface area contributed by atoms with Crippen molar-refractivity contribution >= 4 is 28.4 Å². The zero-order valence-corrected chi connectivity index (χ0v) is 15.7. The van der Waals surface area contributed by atoms with E-state index < -0.39 is 0 Å². The summed E-state index contributed by atoms with van der Waals surface area (Å²) in [6.45, 7) is 5.81. The van der Waals surface area contributed by atoms with E-state index >= 15 is 0 Å². The highest BCUT2D eigenvalue weighted by Crippen LogP contribution is 2.25. The van der Waals surface area contributed by atoms with Gasteiger partial charge in [-0.1, -0.05) is 0 Å². The largest absolute Gasteiger partial charge is 0.368 e. The van der Waals surface area contributed by atoms with E-state index in [1.54, 1.807) is 17.2 Å². The van der Waals surface area contributed by atoms with Gasteiger partial charge in [-0.2, -0.15) is 5.10 Å². The number of anilines is 2. The Balaban J connectivity index is 1.47. The maximum Gasteiger partial charge on any atom is 0.216 e.